The molecule has 134 valence electrons. The summed E-state index contributed by atoms with van der Waals surface area (Å²) < 4.78 is 13.1. The lowest BCUT2D eigenvalue weighted by Crippen LogP contribution is -2.33. The molecule has 0 aromatic heterocycles. The van der Waals surface area contributed by atoms with Gasteiger partial charge in [0.1, 0.15) is 5.82 Å². The fourth-order valence-corrected chi connectivity index (χ4v) is 3.02. The number of hydrogen-bond acceptors (Lipinski definition) is 4. The Kier molecular flexibility index (Phi) is 7.18. The van der Waals surface area contributed by atoms with Crippen LogP contribution in [0.3, 0.4) is 0 Å². The Morgan fingerprint density at radius 2 is 1.81 bits per heavy atom. The molecule has 2 amide bonds. The summed E-state index contributed by atoms with van der Waals surface area (Å²) in [4.78, 5) is 26.0. The van der Waals surface area contributed by atoms with Crippen molar-refractivity contribution in [1.29, 1.82) is 5.26 Å². The molecule has 0 radical (unpaired) electrons. The van der Waals surface area contributed by atoms with E-state index in [0.29, 0.717) is 11.4 Å². The summed E-state index contributed by atoms with van der Waals surface area (Å²) in [7, 11) is 0. The molecular formula is C19H18FN3O2S. The molecule has 0 heterocycles. The van der Waals surface area contributed by atoms with Crippen LogP contribution >= 0.6 is 11.8 Å². The first-order chi connectivity index (χ1) is 12.5. The van der Waals surface area contributed by atoms with E-state index in [4.69, 9.17) is 5.26 Å². The standard InChI is InChI=1S/C19H18FN3O2S/c1-14(24)22-16-5-9-18(10-6-16)26-13-19(25)23(12-2-11-21)17-7-3-15(20)4-8-17/h3-10H,2,12-13H2,1H3,(H,22,24). The zero-order valence-electron chi connectivity index (χ0n) is 14.2. The predicted octanol–water partition coefficient (Wildman–Crippen LogP) is 3.82. The van der Waals surface area contributed by atoms with Gasteiger partial charge in [-0.2, -0.15) is 5.26 Å². The van der Waals surface area contributed by atoms with E-state index in [-0.39, 0.29) is 36.4 Å². The minimum absolute atomic E-state index is 0.145. The van der Waals surface area contributed by atoms with E-state index >= 15 is 0 Å². The molecule has 0 saturated carbocycles. The molecule has 0 saturated heterocycles. The van der Waals surface area contributed by atoms with Crippen molar-refractivity contribution in [3.05, 3.63) is 54.3 Å². The number of carbonyl (C=O) groups is 2. The largest absolute Gasteiger partial charge is 0.326 e. The summed E-state index contributed by atoms with van der Waals surface area (Å²) in [5.41, 5.74) is 1.25. The van der Waals surface area contributed by atoms with Crippen LogP contribution in [0.15, 0.2) is 53.4 Å². The minimum atomic E-state index is -0.380. The molecule has 5 nitrogen and oxygen atoms in total. The number of benzene rings is 2. The molecule has 0 fully saturated rings. The predicted molar refractivity (Wildman–Crippen MR) is 100 cm³/mol. The molecule has 2 rings (SSSR count). The lowest BCUT2D eigenvalue weighted by atomic mass is 10.2. The molecule has 0 aliphatic rings. The van der Waals surface area contributed by atoms with E-state index in [0.717, 1.165) is 4.90 Å². The first-order valence-corrected chi connectivity index (χ1v) is 8.91. The average molecular weight is 371 g/mol. The van der Waals surface area contributed by atoms with Crippen molar-refractivity contribution in [2.24, 2.45) is 0 Å². The van der Waals surface area contributed by atoms with Crippen LogP contribution in [0.4, 0.5) is 15.8 Å². The summed E-state index contributed by atoms with van der Waals surface area (Å²) in [6, 6.07) is 14.8. The minimum Gasteiger partial charge on any atom is -0.326 e. The summed E-state index contributed by atoms with van der Waals surface area (Å²) in [6.07, 6.45) is 0.194. The molecule has 7 heteroatoms. The van der Waals surface area contributed by atoms with Gasteiger partial charge in [0.15, 0.2) is 0 Å². The molecule has 0 aliphatic carbocycles. The molecule has 0 bridgehead atoms. The van der Waals surface area contributed by atoms with Gasteiger partial charge in [-0.05, 0) is 48.5 Å². The molecule has 0 spiro atoms. The highest BCUT2D eigenvalue weighted by atomic mass is 32.2. The molecule has 1 N–H and O–H groups in total. The Morgan fingerprint density at radius 1 is 1.15 bits per heavy atom. The average Bonchev–Trinajstić information content (AvgIpc) is 2.62. The van der Waals surface area contributed by atoms with Crippen molar-refractivity contribution in [1.82, 2.24) is 0 Å². The van der Waals surface area contributed by atoms with E-state index < -0.39 is 0 Å². The topological polar surface area (TPSA) is 73.2 Å². The van der Waals surface area contributed by atoms with Crippen LogP contribution in [-0.2, 0) is 9.59 Å². The second-order valence-electron chi connectivity index (χ2n) is 5.42. The maximum Gasteiger partial charge on any atom is 0.237 e. The highest BCUT2D eigenvalue weighted by Crippen LogP contribution is 2.23. The SMILES string of the molecule is CC(=O)Nc1ccc(SCC(=O)N(CCC#N)c2ccc(F)cc2)cc1. The van der Waals surface area contributed by atoms with Crippen LogP contribution in [0, 0.1) is 17.1 Å². The van der Waals surface area contributed by atoms with Crippen molar-refractivity contribution in [3.8, 4) is 6.07 Å². The normalized spacial score (nSPS) is 10.0. The number of anilines is 2. The Hall–Kier alpha value is -2.85. The first kappa shape index (κ1) is 19.5. The number of rotatable bonds is 7. The number of amides is 2. The van der Waals surface area contributed by atoms with Crippen molar-refractivity contribution in [2.75, 3.05) is 22.5 Å². The van der Waals surface area contributed by atoms with Crippen molar-refractivity contribution in [2.45, 2.75) is 18.2 Å². The van der Waals surface area contributed by atoms with Gasteiger partial charge in [0, 0.05) is 29.7 Å². The first-order valence-electron chi connectivity index (χ1n) is 7.93. The molecule has 26 heavy (non-hydrogen) atoms. The van der Waals surface area contributed by atoms with Gasteiger partial charge in [-0.3, -0.25) is 9.59 Å². The van der Waals surface area contributed by atoms with E-state index in [1.807, 2.05) is 18.2 Å². The lowest BCUT2D eigenvalue weighted by molar-refractivity contribution is -0.116. The van der Waals surface area contributed by atoms with Crippen LogP contribution in [0.2, 0.25) is 0 Å². The van der Waals surface area contributed by atoms with Gasteiger partial charge >= 0.3 is 0 Å². The summed E-state index contributed by atoms with van der Waals surface area (Å²) in [5, 5.41) is 11.5. The zero-order valence-corrected chi connectivity index (χ0v) is 15.1. The monoisotopic (exact) mass is 371 g/mol. The van der Waals surface area contributed by atoms with Crippen LogP contribution in [0.5, 0.6) is 0 Å². The number of nitrogens with one attached hydrogen (secondary N) is 1. The van der Waals surface area contributed by atoms with Crippen molar-refractivity contribution in [3.63, 3.8) is 0 Å². The van der Waals surface area contributed by atoms with Gasteiger partial charge in [0.05, 0.1) is 18.2 Å². The number of carbonyl (C=O) groups excluding carboxylic acids is 2. The number of nitrogens with zero attached hydrogens (tertiary/aromatic N) is 2. The van der Waals surface area contributed by atoms with Crippen LogP contribution in [0.25, 0.3) is 0 Å². The van der Waals surface area contributed by atoms with Crippen LogP contribution in [0.1, 0.15) is 13.3 Å². The van der Waals surface area contributed by atoms with Crippen LogP contribution < -0.4 is 10.2 Å². The van der Waals surface area contributed by atoms with Gasteiger partial charge < -0.3 is 10.2 Å². The van der Waals surface area contributed by atoms with Gasteiger partial charge in [0.25, 0.3) is 0 Å². The molecule has 2 aromatic carbocycles. The Morgan fingerprint density at radius 3 is 2.38 bits per heavy atom. The maximum atomic E-state index is 13.1. The molecule has 2 aromatic rings. The number of halogens is 1. The maximum absolute atomic E-state index is 13.1. The number of nitriles is 1. The van der Waals surface area contributed by atoms with Crippen LogP contribution in [-0.4, -0.2) is 24.1 Å². The number of thioether (sulfide) groups is 1. The highest BCUT2D eigenvalue weighted by molar-refractivity contribution is 8.00. The van der Waals surface area contributed by atoms with E-state index in [2.05, 4.69) is 5.32 Å². The molecule has 0 unspecified atom stereocenters. The van der Waals surface area contributed by atoms with Crippen molar-refractivity contribution < 1.29 is 14.0 Å². The van der Waals surface area contributed by atoms with Gasteiger partial charge in [-0.1, -0.05) is 0 Å². The van der Waals surface area contributed by atoms with Gasteiger partial charge in [-0.15, -0.1) is 11.8 Å². The molecule has 0 aliphatic heterocycles. The highest BCUT2D eigenvalue weighted by Gasteiger charge is 2.16. The molecule has 0 atom stereocenters. The second-order valence-corrected chi connectivity index (χ2v) is 6.47. The van der Waals surface area contributed by atoms with Gasteiger partial charge in [0.2, 0.25) is 11.8 Å². The summed E-state index contributed by atoms with van der Waals surface area (Å²) >= 11 is 1.35. The van der Waals surface area contributed by atoms with Gasteiger partial charge in [-0.25, -0.2) is 4.39 Å². The van der Waals surface area contributed by atoms with E-state index in [1.54, 1.807) is 12.1 Å². The molecular weight excluding hydrogens is 353 g/mol. The van der Waals surface area contributed by atoms with E-state index in [9.17, 15) is 14.0 Å². The fraction of sp³-hybridized carbons (Fsp3) is 0.211. The Labute approximate surface area is 155 Å². The third kappa shape index (κ3) is 5.90. The van der Waals surface area contributed by atoms with E-state index in [1.165, 1.54) is 47.9 Å². The number of hydrogen-bond donors (Lipinski definition) is 1. The zero-order chi connectivity index (χ0) is 18.9. The lowest BCUT2D eigenvalue weighted by Gasteiger charge is -2.21. The Balaban J connectivity index is 2.01. The fourth-order valence-electron chi connectivity index (χ4n) is 2.24. The second kappa shape index (κ2) is 9.59. The third-order valence-electron chi connectivity index (χ3n) is 3.42. The van der Waals surface area contributed by atoms with Crippen molar-refractivity contribution >= 4 is 35.0 Å². The summed E-state index contributed by atoms with van der Waals surface area (Å²) in [5.74, 6) is -0.506. The Bertz CT molecular complexity index is 801. The quantitative estimate of drug-likeness (QED) is 0.751. The smallest absolute Gasteiger partial charge is 0.237 e. The third-order valence-corrected chi connectivity index (χ3v) is 4.42. The summed E-state index contributed by atoms with van der Waals surface area (Å²) in [6.45, 7) is 1.69.